The van der Waals surface area contributed by atoms with Crippen LogP contribution in [0.5, 0.6) is 0 Å². The van der Waals surface area contributed by atoms with E-state index in [4.69, 9.17) is 5.73 Å². The van der Waals surface area contributed by atoms with Gasteiger partial charge in [-0.25, -0.2) is 0 Å². The summed E-state index contributed by atoms with van der Waals surface area (Å²) < 4.78 is 2.08. The van der Waals surface area contributed by atoms with Gasteiger partial charge in [-0.3, -0.25) is 4.79 Å². The first-order valence-electron chi connectivity index (χ1n) is 8.60. The van der Waals surface area contributed by atoms with Crippen molar-refractivity contribution < 1.29 is 4.79 Å². The number of hydrogen-bond acceptors (Lipinski definition) is 5. The highest BCUT2D eigenvalue weighted by Gasteiger charge is 2.13. The fraction of sp³-hybridized carbons (Fsp3) is 0.250. The molecule has 0 unspecified atom stereocenters. The summed E-state index contributed by atoms with van der Waals surface area (Å²) in [7, 11) is 0. The van der Waals surface area contributed by atoms with Crippen LogP contribution < -0.4 is 5.73 Å². The van der Waals surface area contributed by atoms with Crippen molar-refractivity contribution >= 4 is 23.2 Å². The third-order valence-electron chi connectivity index (χ3n) is 4.06. The number of anilines is 1. The first kappa shape index (κ1) is 18.2. The second-order valence-electron chi connectivity index (χ2n) is 6.05. The van der Waals surface area contributed by atoms with E-state index in [2.05, 4.69) is 33.8 Å². The predicted molar refractivity (Wildman–Crippen MR) is 105 cm³/mol. The summed E-state index contributed by atoms with van der Waals surface area (Å²) in [5.41, 5.74) is 8.56. The molecule has 0 radical (unpaired) electrons. The minimum absolute atomic E-state index is 0.162. The Morgan fingerprint density at radius 2 is 1.77 bits per heavy atom. The van der Waals surface area contributed by atoms with Gasteiger partial charge in [0.2, 0.25) is 0 Å². The Morgan fingerprint density at radius 3 is 2.46 bits per heavy atom. The van der Waals surface area contributed by atoms with E-state index in [0.717, 1.165) is 29.5 Å². The number of Topliss-reactive ketones (excluding diaryl/α,β-unsaturated/α-hetero) is 1. The van der Waals surface area contributed by atoms with Gasteiger partial charge in [0.05, 0.1) is 5.75 Å². The van der Waals surface area contributed by atoms with Gasteiger partial charge in [-0.15, -0.1) is 10.2 Å². The fourth-order valence-electron chi connectivity index (χ4n) is 2.71. The first-order valence-corrected chi connectivity index (χ1v) is 9.59. The molecule has 0 atom stereocenters. The lowest BCUT2D eigenvalue weighted by Crippen LogP contribution is -2.08. The average Bonchev–Trinajstić information content (AvgIpc) is 3.04. The van der Waals surface area contributed by atoms with E-state index in [0.29, 0.717) is 17.9 Å². The largest absolute Gasteiger partial charge is 0.399 e. The van der Waals surface area contributed by atoms with Gasteiger partial charge in [0.1, 0.15) is 11.6 Å². The molecule has 134 valence electrons. The zero-order valence-electron chi connectivity index (χ0n) is 14.8. The number of carbonyl (C=O) groups excluding carboxylic acids is 1. The van der Waals surface area contributed by atoms with Gasteiger partial charge in [0.25, 0.3) is 0 Å². The van der Waals surface area contributed by atoms with Crippen LogP contribution >= 0.6 is 11.8 Å². The molecule has 6 heteroatoms. The van der Waals surface area contributed by atoms with Crippen LogP contribution in [-0.4, -0.2) is 26.3 Å². The molecule has 26 heavy (non-hydrogen) atoms. The van der Waals surface area contributed by atoms with Crippen LogP contribution in [0, 0.1) is 0 Å². The number of rotatable bonds is 8. The predicted octanol–water partition coefficient (Wildman–Crippen LogP) is 3.37. The third kappa shape index (κ3) is 4.73. The number of carbonyl (C=O) groups is 1. The Morgan fingerprint density at radius 1 is 1.04 bits per heavy atom. The van der Waals surface area contributed by atoms with Crippen molar-refractivity contribution in [2.75, 3.05) is 11.5 Å². The molecule has 0 aliphatic rings. The van der Waals surface area contributed by atoms with Gasteiger partial charge in [0, 0.05) is 25.1 Å². The van der Waals surface area contributed by atoms with E-state index < -0.39 is 0 Å². The Bertz CT molecular complexity index is 859. The quantitative estimate of drug-likeness (QED) is 0.489. The highest BCUT2D eigenvalue weighted by atomic mass is 32.2. The maximum absolute atomic E-state index is 12.3. The third-order valence-corrected chi connectivity index (χ3v) is 5.08. The van der Waals surface area contributed by atoms with Gasteiger partial charge in [-0.1, -0.05) is 54.2 Å². The molecule has 1 heterocycles. The lowest BCUT2D eigenvalue weighted by Gasteiger charge is -2.07. The van der Waals surface area contributed by atoms with E-state index >= 15 is 0 Å². The molecule has 1 aromatic heterocycles. The lowest BCUT2D eigenvalue weighted by molar-refractivity contribution is -0.116. The summed E-state index contributed by atoms with van der Waals surface area (Å²) in [5.74, 6) is 1.47. The lowest BCUT2D eigenvalue weighted by atomic mass is 10.1. The summed E-state index contributed by atoms with van der Waals surface area (Å²) in [6.07, 6.45) is 1.14. The average molecular weight is 366 g/mol. The van der Waals surface area contributed by atoms with Crippen molar-refractivity contribution in [3.63, 3.8) is 0 Å². The van der Waals surface area contributed by atoms with Crippen LogP contribution in [0.3, 0.4) is 0 Å². The highest BCUT2D eigenvalue weighted by Crippen LogP contribution is 2.19. The molecule has 2 aromatic carbocycles. The Labute approximate surface area is 157 Å². The van der Waals surface area contributed by atoms with Crippen LogP contribution in [0.15, 0.2) is 59.8 Å². The van der Waals surface area contributed by atoms with Crippen LogP contribution in [-0.2, 0) is 24.2 Å². The smallest absolute Gasteiger partial charge is 0.191 e. The number of nitrogens with zero attached hydrogens (tertiary/aromatic N) is 3. The van der Waals surface area contributed by atoms with Crippen molar-refractivity contribution in [3.05, 3.63) is 71.5 Å². The van der Waals surface area contributed by atoms with Crippen molar-refractivity contribution in [2.45, 2.75) is 31.5 Å². The molecular weight excluding hydrogens is 344 g/mol. The van der Waals surface area contributed by atoms with Gasteiger partial charge in [-0.2, -0.15) is 0 Å². The van der Waals surface area contributed by atoms with Gasteiger partial charge >= 0.3 is 0 Å². The van der Waals surface area contributed by atoms with Gasteiger partial charge in [0.15, 0.2) is 5.16 Å². The molecule has 0 spiro atoms. The van der Waals surface area contributed by atoms with Gasteiger partial charge in [-0.05, 0) is 30.2 Å². The molecule has 0 aliphatic carbocycles. The molecule has 0 bridgehead atoms. The van der Waals surface area contributed by atoms with Crippen LogP contribution in [0.25, 0.3) is 0 Å². The summed E-state index contributed by atoms with van der Waals surface area (Å²) in [5, 5.41) is 9.40. The SMILES string of the molecule is CCn1c(Cc2ccccc2)nnc1SCC(=O)Cc1ccc(N)cc1. The second-order valence-corrected chi connectivity index (χ2v) is 6.99. The minimum atomic E-state index is 0.162. The zero-order valence-corrected chi connectivity index (χ0v) is 15.6. The molecule has 0 aliphatic heterocycles. The highest BCUT2D eigenvalue weighted by molar-refractivity contribution is 7.99. The number of ketones is 1. The fourth-order valence-corrected chi connectivity index (χ4v) is 3.59. The molecule has 0 amide bonds. The van der Waals surface area contributed by atoms with E-state index in [1.165, 1.54) is 17.3 Å². The molecular formula is C20H22N4OS. The number of nitrogens with two attached hydrogens (primary N) is 1. The monoisotopic (exact) mass is 366 g/mol. The van der Waals surface area contributed by atoms with Crippen molar-refractivity contribution in [1.82, 2.24) is 14.8 Å². The number of benzene rings is 2. The van der Waals surface area contributed by atoms with E-state index in [1.807, 2.05) is 42.5 Å². The van der Waals surface area contributed by atoms with E-state index in [9.17, 15) is 4.79 Å². The minimum Gasteiger partial charge on any atom is -0.399 e. The zero-order chi connectivity index (χ0) is 18.4. The summed E-state index contributed by atoms with van der Waals surface area (Å²) >= 11 is 1.45. The summed E-state index contributed by atoms with van der Waals surface area (Å²) in [6.45, 7) is 2.85. The standard InChI is InChI=1S/C20H22N4OS/c1-2-24-19(13-15-6-4-3-5-7-15)22-23-20(24)26-14-18(25)12-16-8-10-17(21)11-9-16/h3-11H,2,12-14,21H2,1H3. The number of aromatic nitrogens is 3. The first-order chi connectivity index (χ1) is 12.7. The number of thioether (sulfide) groups is 1. The van der Waals surface area contributed by atoms with Gasteiger partial charge < -0.3 is 10.3 Å². The molecule has 5 nitrogen and oxygen atoms in total. The Hall–Kier alpha value is -2.60. The van der Waals surface area contributed by atoms with Crippen LogP contribution in [0.4, 0.5) is 5.69 Å². The van der Waals surface area contributed by atoms with Crippen molar-refractivity contribution in [3.8, 4) is 0 Å². The molecule has 0 fully saturated rings. The summed E-state index contributed by atoms with van der Waals surface area (Å²) in [4.78, 5) is 12.3. The molecule has 3 rings (SSSR count). The maximum atomic E-state index is 12.3. The Balaban J connectivity index is 1.61. The molecule has 0 saturated heterocycles. The molecule has 2 N–H and O–H groups in total. The van der Waals surface area contributed by atoms with E-state index in [1.54, 1.807) is 0 Å². The van der Waals surface area contributed by atoms with Crippen LogP contribution in [0.1, 0.15) is 23.9 Å². The van der Waals surface area contributed by atoms with E-state index in [-0.39, 0.29) is 5.78 Å². The maximum Gasteiger partial charge on any atom is 0.191 e. The van der Waals surface area contributed by atoms with Crippen molar-refractivity contribution in [1.29, 1.82) is 0 Å². The molecule has 0 saturated carbocycles. The Kier molecular flexibility index (Phi) is 6.07. The number of hydrogen-bond donors (Lipinski definition) is 1. The number of nitrogen functional groups attached to an aromatic ring is 1. The topological polar surface area (TPSA) is 73.8 Å². The second kappa shape index (κ2) is 8.67. The summed E-state index contributed by atoms with van der Waals surface area (Å²) in [6, 6.07) is 17.6. The molecule has 3 aromatic rings. The van der Waals surface area contributed by atoms with Crippen LogP contribution in [0.2, 0.25) is 0 Å². The normalized spacial score (nSPS) is 10.8. The van der Waals surface area contributed by atoms with Crippen molar-refractivity contribution in [2.24, 2.45) is 0 Å².